The average molecular weight is 417 g/mol. The lowest BCUT2D eigenvalue weighted by Crippen LogP contribution is -2.24. The number of benzene rings is 1. The van der Waals surface area contributed by atoms with Gasteiger partial charge in [-0.25, -0.2) is 15.0 Å². The lowest BCUT2D eigenvalue weighted by atomic mass is 10.2. The second-order valence-corrected chi connectivity index (χ2v) is 7.65. The second-order valence-electron chi connectivity index (χ2n) is 5.63. The Balaban J connectivity index is 1.65. The molecule has 1 aromatic carbocycles. The highest BCUT2D eigenvalue weighted by molar-refractivity contribution is 8.00. The molecule has 28 heavy (non-hydrogen) atoms. The summed E-state index contributed by atoms with van der Waals surface area (Å²) in [6, 6.07) is 7.70. The SMILES string of the molecule is CCOc1ccc(-c2csc(NC(=O)C(CC)Sc3ncnc(N)n3)n2)cc1. The standard InChI is InChI=1S/C18H20N6O2S2/c1-3-14(28-17-21-10-20-16(19)24-17)15(25)23-18-22-13(9-27-18)11-5-7-12(8-6-11)26-4-2/h5-10,14H,3-4H2,1-2H3,(H,22,23,25)(H2,19,20,21,24). The summed E-state index contributed by atoms with van der Waals surface area (Å²) in [4.78, 5) is 28.9. The number of carbonyl (C=O) groups excluding carboxylic acids is 1. The lowest BCUT2D eigenvalue weighted by molar-refractivity contribution is -0.115. The number of thioether (sulfide) groups is 1. The molecule has 10 heteroatoms. The molecule has 0 aliphatic heterocycles. The fourth-order valence-corrected chi connectivity index (χ4v) is 3.90. The van der Waals surface area contributed by atoms with Crippen LogP contribution in [0.25, 0.3) is 11.3 Å². The molecule has 0 bridgehead atoms. The first-order valence-corrected chi connectivity index (χ1v) is 10.5. The zero-order chi connectivity index (χ0) is 19.9. The number of nitrogen functional groups attached to an aromatic ring is 1. The number of ether oxygens (including phenoxy) is 1. The Bertz CT molecular complexity index is 932. The van der Waals surface area contributed by atoms with Crippen molar-refractivity contribution in [3.63, 3.8) is 0 Å². The molecule has 0 aliphatic rings. The fraction of sp³-hybridized carbons (Fsp3) is 0.278. The van der Waals surface area contributed by atoms with Gasteiger partial charge in [0.05, 0.1) is 17.6 Å². The van der Waals surface area contributed by atoms with Crippen molar-refractivity contribution in [2.45, 2.75) is 30.7 Å². The molecule has 8 nitrogen and oxygen atoms in total. The van der Waals surface area contributed by atoms with Gasteiger partial charge in [0.1, 0.15) is 12.1 Å². The number of nitrogens with one attached hydrogen (secondary N) is 1. The zero-order valence-electron chi connectivity index (χ0n) is 15.5. The van der Waals surface area contributed by atoms with Gasteiger partial charge < -0.3 is 15.8 Å². The third kappa shape index (κ3) is 5.17. The van der Waals surface area contributed by atoms with Crippen molar-refractivity contribution in [3.8, 4) is 17.0 Å². The minimum atomic E-state index is -0.361. The van der Waals surface area contributed by atoms with Crippen LogP contribution in [0.4, 0.5) is 11.1 Å². The molecule has 2 aromatic heterocycles. The molecule has 0 spiro atoms. The van der Waals surface area contributed by atoms with Gasteiger partial charge in [0.15, 0.2) is 10.3 Å². The summed E-state index contributed by atoms with van der Waals surface area (Å²) in [7, 11) is 0. The Labute approximate surface area is 171 Å². The van der Waals surface area contributed by atoms with Gasteiger partial charge in [0.25, 0.3) is 0 Å². The summed E-state index contributed by atoms with van der Waals surface area (Å²) in [5, 5.41) is 5.38. The maximum absolute atomic E-state index is 12.6. The second kappa shape index (κ2) is 9.47. The predicted octanol–water partition coefficient (Wildman–Crippen LogP) is 3.49. The Morgan fingerprint density at radius 3 is 2.71 bits per heavy atom. The molecule has 3 rings (SSSR count). The Morgan fingerprint density at radius 1 is 1.25 bits per heavy atom. The molecule has 146 valence electrons. The van der Waals surface area contributed by atoms with Crippen LogP contribution < -0.4 is 15.8 Å². The fourth-order valence-electron chi connectivity index (χ4n) is 2.34. The van der Waals surface area contributed by atoms with Gasteiger partial charge in [0, 0.05) is 10.9 Å². The minimum Gasteiger partial charge on any atom is -0.494 e. The normalized spacial score (nSPS) is 11.8. The van der Waals surface area contributed by atoms with Crippen molar-refractivity contribution in [1.29, 1.82) is 0 Å². The van der Waals surface area contributed by atoms with E-state index in [9.17, 15) is 4.79 Å². The summed E-state index contributed by atoms with van der Waals surface area (Å²) >= 11 is 2.63. The van der Waals surface area contributed by atoms with Crippen LogP contribution in [-0.4, -0.2) is 37.7 Å². The molecule has 2 heterocycles. The number of rotatable bonds is 8. The molecule has 0 fully saturated rings. The molecular formula is C18H20N6O2S2. The molecular weight excluding hydrogens is 396 g/mol. The molecule has 0 saturated heterocycles. The van der Waals surface area contributed by atoms with E-state index in [0.717, 1.165) is 17.0 Å². The van der Waals surface area contributed by atoms with Gasteiger partial charge >= 0.3 is 0 Å². The van der Waals surface area contributed by atoms with E-state index in [2.05, 4.69) is 25.3 Å². The van der Waals surface area contributed by atoms with Crippen molar-refractivity contribution in [2.24, 2.45) is 0 Å². The molecule has 1 amide bonds. The van der Waals surface area contributed by atoms with E-state index in [0.29, 0.717) is 23.3 Å². The summed E-state index contributed by atoms with van der Waals surface area (Å²) in [6.07, 6.45) is 1.94. The molecule has 0 radical (unpaired) electrons. The minimum absolute atomic E-state index is 0.132. The van der Waals surface area contributed by atoms with Crippen molar-refractivity contribution in [1.82, 2.24) is 19.9 Å². The van der Waals surface area contributed by atoms with E-state index in [1.54, 1.807) is 0 Å². The van der Waals surface area contributed by atoms with Crippen molar-refractivity contribution < 1.29 is 9.53 Å². The van der Waals surface area contributed by atoms with Gasteiger partial charge in [-0.05, 0) is 37.6 Å². The van der Waals surface area contributed by atoms with Crippen LogP contribution in [0.5, 0.6) is 5.75 Å². The lowest BCUT2D eigenvalue weighted by Gasteiger charge is -2.12. The highest BCUT2D eigenvalue weighted by atomic mass is 32.2. The summed E-state index contributed by atoms with van der Waals surface area (Å²) in [6.45, 7) is 4.50. The number of carbonyl (C=O) groups is 1. The number of nitrogens with zero attached hydrogens (tertiary/aromatic N) is 4. The number of hydrogen-bond acceptors (Lipinski definition) is 9. The third-order valence-corrected chi connectivity index (χ3v) is 5.67. The number of thiazole rings is 1. The quantitative estimate of drug-likeness (QED) is 0.536. The Kier molecular flexibility index (Phi) is 6.77. The molecule has 3 aromatic rings. The predicted molar refractivity (Wildman–Crippen MR) is 112 cm³/mol. The van der Waals surface area contributed by atoms with Gasteiger partial charge in [-0.15, -0.1) is 11.3 Å². The maximum Gasteiger partial charge on any atom is 0.239 e. The van der Waals surface area contributed by atoms with Crippen molar-refractivity contribution >= 4 is 40.1 Å². The highest BCUT2D eigenvalue weighted by Gasteiger charge is 2.21. The number of nitrogens with two attached hydrogens (primary N) is 1. The number of hydrogen-bond donors (Lipinski definition) is 2. The van der Waals surface area contributed by atoms with Crippen LogP contribution in [0.2, 0.25) is 0 Å². The zero-order valence-corrected chi connectivity index (χ0v) is 17.1. The maximum atomic E-state index is 12.6. The highest BCUT2D eigenvalue weighted by Crippen LogP contribution is 2.28. The van der Waals surface area contributed by atoms with Crippen LogP contribution in [0.3, 0.4) is 0 Å². The molecule has 0 saturated carbocycles. The molecule has 1 atom stereocenters. The summed E-state index contributed by atoms with van der Waals surface area (Å²) < 4.78 is 5.45. The monoisotopic (exact) mass is 416 g/mol. The summed E-state index contributed by atoms with van der Waals surface area (Å²) in [5.41, 5.74) is 7.33. The van der Waals surface area contributed by atoms with E-state index < -0.39 is 0 Å². The van der Waals surface area contributed by atoms with Crippen LogP contribution >= 0.6 is 23.1 Å². The van der Waals surface area contributed by atoms with E-state index in [-0.39, 0.29) is 17.1 Å². The first kappa shape index (κ1) is 20.0. The third-order valence-electron chi connectivity index (χ3n) is 3.67. The van der Waals surface area contributed by atoms with Crippen molar-refractivity contribution in [2.75, 3.05) is 17.7 Å². The van der Waals surface area contributed by atoms with Crippen LogP contribution in [0.1, 0.15) is 20.3 Å². The Morgan fingerprint density at radius 2 is 2.04 bits per heavy atom. The van der Waals surface area contributed by atoms with Crippen molar-refractivity contribution in [3.05, 3.63) is 36.0 Å². The number of amides is 1. The average Bonchev–Trinajstić information content (AvgIpc) is 3.15. The van der Waals surface area contributed by atoms with Crippen LogP contribution in [0.15, 0.2) is 41.1 Å². The van der Waals surface area contributed by atoms with Gasteiger partial charge in [-0.2, -0.15) is 4.98 Å². The van der Waals surface area contributed by atoms with E-state index in [1.165, 1.54) is 29.4 Å². The van der Waals surface area contributed by atoms with E-state index in [1.807, 2.05) is 43.5 Å². The van der Waals surface area contributed by atoms with Gasteiger partial charge in [-0.3, -0.25) is 4.79 Å². The molecule has 1 unspecified atom stereocenters. The molecule has 3 N–H and O–H groups in total. The van der Waals surface area contributed by atoms with E-state index in [4.69, 9.17) is 10.5 Å². The summed E-state index contributed by atoms with van der Waals surface area (Å²) in [5.74, 6) is 0.795. The largest absolute Gasteiger partial charge is 0.494 e. The first-order chi connectivity index (χ1) is 13.6. The number of aromatic nitrogens is 4. The Hall–Kier alpha value is -2.72. The first-order valence-electron chi connectivity index (χ1n) is 8.69. The van der Waals surface area contributed by atoms with Crippen LogP contribution in [-0.2, 0) is 4.79 Å². The topological polar surface area (TPSA) is 116 Å². The van der Waals surface area contributed by atoms with Crippen LogP contribution in [0, 0.1) is 0 Å². The number of anilines is 2. The van der Waals surface area contributed by atoms with Gasteiger partial charge in [0.2, 0.25) is 11.9 Å². The van der Waals surface area contributed by atoms with Gasteiger partial charge in [-0.1, -0.05) is 18.7 Å². The molecule has 0 aliphatic carbocycles. The van der Waals surface area contributed by atoms with E-state index >= 15 is 0 Å². The smallest absolute Gasteiger partial charge is 0.239 e.